The zero-order valence-corrected chi connectivity index (χ0v) is 14.5. The molecule has 0 unspecified atom stereocenters. The molecule has 0 aliphatic carbocycles. The first-order chi connectivity index (χ1) is 11.7. The molecule has 3 aromatic rings. The number of hydrogen-bond acceptors (Lipinski definition) is 1. The van der Waals surface area contributed by atoms with Crippen LogP contribution in [0.15, 0.2) is 91.0 Å². The molecule has 24 heavy (non-hydrogen) atoms. The molecule has 0 N–H and O–H groups in total. The van der Waals surface area contributed by atoms with E-state index in [1.165, 1.54) is 16.7 Å². The van der Waals surface area contributed by atoms with Crippen molar-refractivity contribution in [3.05, 3.63) is 108 Å². The second kappa shape index (κ2) is 7.46. The van der Waals surface area contributed by atoms with Gasteiger partial charge in [0.15, 0.2) is 0 Å². The molecule has 0 aliphatic rings. The highest BCUT2D eigenvalue weighted by atomic mass is 15.1. The van der Waals surface area contributed by atoms with Crippen LogP contribution < -0.4 is 0 Å². The molecule has 3 aromatic carbocycles. The summed E-state index contributed by atoms with van der Waals surface area (Å²) in [5.74, 6) is 0. The van der Waals surface area contributed by atoms with Crippen molar-refractivity contribution >= 4 is 0 Å². The second-order valence-corrected chi connectivity index (χ2v) is 6.62. The summed E-state index contributed by atoms with van der Waals surface area (Å²) < 4.78 is 0. The normalized spacial score (nSPS) is 11.6. The maximum absolute atomic E-state index is 2.38. The molecule has 0 spiro atoms. The van der Waals surface area contributed by atoms with Crippen molar-refractivity contribution in [1.82, 2.24) is 4.90 Å². The zero-order valence-electron chi connectivity index (χ0n) is 14.5. The molecule has 0 heterocycles. The third kappa shape index (κ3) is 3.58. The van der Waals surface area contributed by atoms with Gasteiger partial charge in [-0.3, -0.25) is 4.90 Å². The molecular formula is C23H25N. The summed E-state index contributed by atoms with van der Waals surface area (Å²) >= 11 is 0. The van der Waals surface area contributed by atoms with Crippen LogP contribution in [-0.2, 0) is 18.4 Å². The van der Waals surface area contributed by atoms with E-state index in [1.807, 2.05) is 0 Å². The first-order valence-electron chi connectivity index (χ1n) is 8.51. The molecule has 122 valence electrons. The molecule has 0 fully saturated rings. The van der Waals surface area contributed by atoms with Crippen LogP contribution in [0.1, 0.15) is 16.7 Å². The number of likely N-dealkylation sites (N-methyl/N-ethyl adjacent to an activating group) is 1. The zero-order chi connectivity index (χ0) is 16.8. The molecule has 3 rings (SSSR count). The van der Waals surface area contributed by atoms with Crippen LogP contribution in [-0.4, -0.2) is 19.0 Å². The Morgan fingerprint density at radius 1 is 0.583 bits per heavy atom. The molecule has 0 aromatic heterocycles. The van der Waals surface area contributed by atoms with E-state index < -0.39 is 0 Å². The van der Waals surface area contributed by atoms with Crippen molar-refractivity contribution in [3.63, 3.8) is 0 Å². The van der Waals surface area contributed by atoms with E-state index in [0.717, 1.165) is 12.8 Å². The third-order valence-electron chi connectivity index (χ3n) is 4.85. The van der Waals surface area contributed by atoms with Crippen molar-refractivity contribution in [1.29, 1.82) is 0 Å². The van der Waals surface area contributed by atoms with Gasteiger partial charge in [0, 0.05) is 0 Å². The summed E-state index contributed by atoms with van der Waals surface area (Å²) in [5, 5.41) is 0. The Kier molecular flexibility index (Phi) is 5.12. The SMILES string of the molecule is CN(C)C(Cc1ccccc1)(Cc1ccccc1)c1ccccc1. The highest BCUT2D eigenvalue weighted by molar-refractivity contribution is 5.32. The lowest BCUT2D eigenvalue weighted by Crippen LogP contribution is -2.45. The van der Waals surface area contributed by atoms with Crippen LogP contribution in [0.3, 0.4) is 0 Å². The molecule has 0 radical (unpaired) electrons. The molecular weight excluding hydrogens is 290 g/mol. The summed E-state index contributed by atoms with van der Waals surface area (Å²) in [6, 6.07) is 32.5. The minimum absolute atomic E-state index is 0.0655. The second-order valence-electron chi connectivity index (χ2n) is 6.62. The lowest BCUT2D eigenvalue weighted by molar-refractivity contribution is 0.149. The fourth-order valence-corrected chi connectivity index (χ4v) is 3.46. The highest BCUT2D eigenvalue weighted by Gasteiger charge is 2.35. The fourth-order valence-electron chi connectivity index (χ4n) is 3.46. The van der Waals surface area contributed by atoms with Crippen molar-refractivity contribution in [2.45, 2.75) is 18.4 Å². The lowest BCUT2D eigenvalue weighted by atomic mass is 9.78. The molecule has 0 saturated heterocycles. The third-order valence-corrected chi connectivity index (χ3v) is 4.85. The van der Waals surface area contributed by atoms with E-state index in [2.05, 4.69) is 110 Å². The number of rotatable bonds is 6. The summed E-state index contributed by atoms with van der Waals surface area (Å²) in [6.45, 7) is 0. The maximum Gasteiger partial charge on any atom is 0.0536 e. The quantitative estimate of drug-likeness (QED) is 0.623. The minimum Gasteiger partial charge on any atom is -0.299 e. The summed E-state index contributed by atoms with van der Waals surface area (Å²) in [4.78, 5) is 2.38. The lowest BCUT2D eigenvalue weighted by Gasteiger charge is -2.41. The van der Waals surface area contributed by atoms with Gasteiger partial charge in [0.1, 0.15) is 0 Å². The highest BCUT2D eigenvalue weighted by Crippen LogP contribution is 2.34. The molecule has 0 aliphatic heterocycles. The van der Waals surface area contributed by atoms with Crippen LogP contribution in [0.25, 0.3) is 0 Å². The number of hydrogen-bond donors (Lipinski definition) is 0. The summed E-state index contributed by atoms with van der Waals surface area (Å²) in [7, 11) is 4.39. The van der Waals surface area contributed by atoms with Gasteiger partial charge >= 0.3 is 0 Å². The monoisotopic (exact) mass is 315 g/mol. The first kappa shape index (κ1) is 16.5. The number of benzene rings is 3. The van der Waals surface area contributed by atoms with E-state index in [9.17, 15) is 0 Å². The average molecular weight is 315 g/mol. The fraction of sp³-hybridized carbons (Fsp3) is 0.217. The van der Waals surface area contributed by atoms with Gasteiger partial charge in [-0.25, -0.2) is 0 Å². The Labute approximate surface area is 145 Å². The van der Waals surface area contributed by atoms with Gasteiger partial charge in [-0.15, -0.1) is 0 Å². The van der Waals surface area contributed by atoms with Crippen molar-refractivity contribution < 1.29 is 0 Å². The molecule has 1 nitrogen and oxygen atoms in total. The van der Waals surface area contributed by atoms with Gasteiger partial charge in [0.2, 0.25) is 0 Å². The van der Waals surface area contributed by atoms with Crippen LogP contribution >= 0.6 is 0 Å². The van der Waals surface area contributed by atoms with Gasteiger partial charge in [-0.2, -0.15) is 0 Å². The Bertz CT molecular complexity index is 691. The molecule has 0 bridgehead atoms. The van der Waals surface area contributed by atoms with Crippen LogP contribution in [0.2, 0.25) is 0 Å². The topological polar surface area (TPSA) is 3.24 Å². The van der Waals surface area contributed by atoms with Crippen molar-refractivity contribution in [2.75, 3.05) is 14.1 Å². The standard InChI is InChI=1S/C23H25N/c1-24(2)23(22-16-10-5-11-17-22,18-20-12-6-3-7-13-20)19-21-14-8-4-9-15-21/h3-17H,18-19H2,1-2H3. The van der Waals surface area contributed by atoms with E-state index in [-0.39, 0.29) is 5.54 Å². The predicted molar refractivity (Wildman–Crippen MR) is 102 cm³/mol. The van der Waals surface area contributed by atoms with E-state index in [0.29, 0.717) is 0 Å². The Morgan fingerprint density at radius 2 is 0.958 bits per heavy atom. The Hall–Kier alpha value is -2.38. The molecule has 0 saturated carbocycles. The van der Waals surface area contributed by atoms with E-state index >= 15 is 0 Å². The smallest absolute Gasteiger partial charge is 0.0536 e. The first-order valence-corrected chi connectivity index (χ1v) is 8.51. The van der Waals surface area contributed by atoms with Crippen molar-refractivity contribution in [3.8, 4) is 0 Å². The number of nitrogens with zero attached hydrogens (tertiary/aromatic N) is 1. The summed E-state index contributed by atoms with van der Waals surface area (Å²) in [5.41, 5.74) is 4.03. The predicted octanol–water partition coefficient (Wildman–Crippen LogP) is 4.93. The van der Waals surface area contributed by atoms with Crippen molar-refractivity contribution in [2.24, 2.45) is 0 Å². The Morgan fingerprint density at radius 3 is 1.33 bits per heavy atom. The summed E-state index contributed by atoms with van der Waals surface area (Å²) in [6.07, 6.45) is 1.97. The van der Waals surface area contributed by atoms with E-state index in [1.54, 1.807) is 0 Å². The van der Waals surface area contributed by atoms with Gasteiger partial charge in [0.25, 0.3) is 0 Å². The largest absolute Gasteiger partial charge is 0.299 e. The Balaban J connectivity index is 2.06. The van der Waals surface area contributed by atoms with Gasteiger partial charge in [0.05, 0.1) is 5.54 Å². The molecule has 0 atom stereocenters. The van der Waals surface area contributed by atoms with E-state index in [4.69, 9.17) is 0 Å². The van der Waals surface area contributed by atoms with Gasteiger partial charge in [-0.05, 0) is 43.6 Å². The van der Waals surface area contributed by atoms with Crippen LogP contribution in [0, 0.1) is 0 Å². The maximum atomic E-state index is 2.38. The minimum atomic E-state index is -0.0655. The molecule has 1 heteroatoms. The molecule has 0 amide bonds. The van der Waals surface area contributed by atoms with Gasteiger partial charge in [-0.1, -0.05) is 91.0 Å². The van der Waals surface area contributed by atoms with Gasteiger partial charge < -0.3 is 0 Å². The average Bonchev–Trinajstić information content (AvgIpc) is 2.63. The van der Waals surface area contributed by atoms with Crippen LogP contribution in [0.4, 0.5) is 0 Å². The van der Waals surface area contributed by atoms with Crippen LogP contribution in [0.5, 0.6) is 0 Å².